The molecule has 110 valence electrons. The fourth-order valence-electron chi connectivity index (χ4n) is 3.86. The monoisotopic (exact) mass is 291 g/mol. The maximum Gasteiger partial charge on any atom is 0.184 e. The van der Waals surface area contributed by atoms with Crippen molar-refractivity contribution in [3.05, 3.63) is 23.8 Å². The van der Waals surface area contributed by atoms with Crippen LogP contribution >= 0.6 is 0 Å². The van der Waals surface area contributed by atoms with Gasteiger partial charge in [-0.1, -0.05) is 6.42 Å². The molecule has 2 aliphatic rings. The van der Waals surface area contributed by atoms with Gasteiger partial charge in [-0.15, -0.1) is 5.10 Å². The molecule has 4 rings (SSSR count). The second kappa shape index (κ2) is 4.47. The molecule has 21 heavy (non-hydrogen) atoms. The van der Waals surface area contributed by atoms with Crippen LogP contribution in [0.15, 0.2) is 12.1 Å². The van der Waals surface area contributed by atoms with E-state index in [-0.39, 0.29) is 11.7 Å². The minimum atomic E-state index is -0.963. The van der Waals surface area contributed by atoms with Crippen LogP contribution in [-0.4, -0.2) is 20.2 Å². The first-order valence-electron chi connectivity index (χ1n) is 7.16. The van der Waals surface area contributed by atoms with Gasteiger partial charge in [0.1, 0.15) is 0 Å². The van der Waals surface area contributed by atoms with Crippen molar-refractivity contribution >= 4 is 5.69 Å². The Kier molecular flexibility index (Phi) is 2.70. The lowest BCUT2D eigenvalue weighted by atomic mass is 9.95. The number of benzene rings is 1. The van der Waals surface area contributed by atoms with Gasteiger partial charge in [0.2, 0.25) is 0 Å². The molecule has 2 N–H and O–H groups in total. The lowest BCUT2D eigenvalue weighted by Gasteiger charge is -2.22. The molecule has 0 radical (unpaired) electrons. The van der Waals surface area contributed by atoms with Crippen molar-refractivity contribution in [3.8, 4) is 11.4 Å². The Morgan fingerprint density at radius 1 is 1.14 bits per heavy atom. The van der Waals surface area contributed by atoms with E-state index in [1.807, 2.05) is 0 Å². The topological polar surface area (TPSA) is 69.6 Å². The Bertz CT molecular complexity index is 699. The highest BCUT2D eigenvalue weighted by Crippen LogP contribution is 2.51. The van der Waals surface area contributed by atoms with Gasteiger partial charge in [0, 0.05) is 17.3 Å². The number of nitrogens with two attached hydrogens (primary N) is 1. The molecule has 3 unspecified atom stereocenters. The van der Waals surface area contributed by atoms with Gasteiger partial charge in [-0.25, -0.2) is 13.5 Å². The SMILES string of the molecule is Nc1cc(F)c(F)cc1-c1nnnn1C1CC2CCC1C2. The van der Waals surface area contributed by atoms with Gasteiger partial charge in [-0.05, 0) is 47.6 Å². The first-order valence-corrected chi connectivity index (χ1v) is 7.16. The number of nitrogen functional groups attached to an aromatic ring is 1. The molecule has 1 aromatic carbocycles. The van der Waals surface area contributed by atoms with Crippen LogP contribution in [0.2, 0.25) is 0 Å². The van der Waals surface area contributed by atoms with Crippen LogP contribution in [0.5, 0.6) is 0 Å². The van der Waals surface area contributed by atoms with Crippen LogP contribution < -0.4 is 5.73 Å². The lowest BCUT2D eigenvalue weighted by Crippen LogP contribution is -2.19. The van der Waals surface area contributed by atoms with Crippen LogP contribution in [0.25, 0.3) is 11.4 Å². The molecule has 2 aliphatic carbocycles. The van der Waals surface area contributed by atoms with Crippen LogP contribution in [-0.2, 0) is 0 Å². The van der Waals surface area contributed by atoms with Gasteiger partial charge in [0.05, 0.1) is 6.04 Å². The average molecular weight is 291 g/mol. The van der Waals surface area contributed by atoms with Crippen LogP contribution in [0.3, 0.4) is 0 Å². The van der Waals surface area contributed by atoms with Gasteiger partial charge in [-0.2, -0.15) is 0 Å². The van der Waals surface area contributed by atoms with Gasteiger partial charge >= 0.3 is 0 Å². The molecular formula is C14H15F2N5. The Balaban J connectivity index is 1.77. The van der Waals surface area contributed by atoms with Gasteiger partial charge in [0.25, 0.3) is 0 Å². The zero-order chi connectivity index (χ0) is 14.6. The molecule has 0 aliphatic heterocycles. The summed E-state index contributed by atoms with van der Waals surface area (Å²) in [7, 11) is 0. The first-order chi connectivity index (χ1) is 10.1. The number of nitrogens with zero attached hydrogens (tertiary/aromatic N) is 4. The molecule has 5 nitrogen and oxygen atoms in total. The molecule has 2 aromatic rings. The van der Waals surface area contributed by atoms with Crippen LogP contribution in [0.4, 0.5) is 14.5 Å². The van der Waals surface area contributed by atoms with E-state index >= 15 is 0 Å². The Labute approximate surface area is 120 Å². The van der Waals surface area contributed by atoms with Gasteiger partial charge in [0.15, 0.2) is 17.5 Å². The van der Waals surface area contributed by atoms with E-state index in [0.717, 1.165) is 24.5 Å². The van der Waals surface area contributed by atoms with Crippen molar-refractivity contribution in [2.75, 3.05) is 5.73 Å². The van der Waals surface area contributed by atoms with E-state index in [4.69, 9.17) is 5.73 Å². The van der Waals surface area contributed by atoms with Crippen LogP contribution in [0.1, 0.15) is 31.7 Å². The minimum Gasteiger partial charge on any atom is -0.398 e. The molecule has 0 saturated heterocycles. The predicted octanol–water partition coefficient (Wildman–Crippen LogP) is 2.56. The summed E-state index contributed by atoms with van der Waals surface area (Å²) in [5.74, 6) is -0.177. The highest BCUT2D eigenvalue weighted by Gasteiger charge is 2.42. The van der Waals surface area contributed by atoms with Crippen molar-refractivity contribution in [1.29, 1.82) is 0 Å². The van der Waals surface area contributed by atoms with E-state index in [9.17, 15) is 8.78 Å². The summed E-state index contributed by atoms with van der Waals surface area (Å²) in [6.07, 6.45) is 4.71. The molecule has 7 heteroatoms. The number of fused-ring (bicyclic) bond motifs is 2. The number of tetrazole rings is 1. The van der Waals surface area contributed by atoms with Crippen molar-refractivity contribution < 1.29 is 8.78 Å². The van der Waals surface area contributed by atoms with Crippen molar-refractivity contribution in [1.82, 2.24) is 20.2 Å². The molecule has 1 aromatic heterocycles. The third kappa shape index (κ3) is 1.91. The van der Waals surface area contributed by atoms with Crippen LogP contribution in [0, 0.1) is 23.5 Å². The smallest absolute Gasteiger partial charge is 0.184 e. The third-order valence-corrected chi connectivity index (χ3v) is 4.84. The van der Waals surface area contributed by atoms with Gasteiger partial charge in [-0.3, -0.25) is 0 Å². The summed E-state index contributed by atoms with van der Waals surface area (Å²) < 4.78 is 28.5. The Morgan fingerprint density at radius 2 is 1.95 bits per heavy atom. The summed E-state index contributed by atoms with van der Waals surface area (Å²) in [4.78, 5) is 0. The predicted molar refractivity (Wildman–Crippen MR) is 72.1 cm³/mol. The maximum atomic E-state index is 13.5. The normalized spacial score (nSPS) is 27.4. The van der Waals surface area contributed by atoms with E-state index in [1.54, 1.807) is 4.68 Å². The minimum absolute atomic E-state index is 0.146. The standard InChI is InChI=1S/C14H15F2N5/c15-10-5-9(12(17)6-11(10)16)14-18-19-20-21(14)13-4-7-1-2-8(13)3-7/h5-8,13H,1-4,17H2. The van der Waals surface area contributed by atoms with Crippen molar-refractivity contribution in [2.45, 2.75) is 31.7 Å². The second-order valence-electron chi connectivity index (χ2n) is 6.04. The molecule has 1 heterocycles. The molecule has 2 saturated carbocycles. The molecular weight excluding hydrogens is 276 g/mol. The van der Waals surface area contributed by atoms with Crippen molar-refractivity contribution in [2.24, 2.45) is 11.8 Å². The van der Waals surface area contributed by atoms with E-state index < -0.39 is 11.6 Å². The molecule has 0 spiro atoms. The lowest BCUT2D eigenvalue weighted by molar-refractivity contribution is 0.304. The second-order valence-corrected chi connectivity index (χ2v) is 6.04. The number of hydrogen-bond acceptors (Lipinski definition) is 4. The third-order valence-electron chi connectivity index (χ3n) is 4.84. The molecule has 2 bridgehead atoms. The fraction of sp³-hybridized carbons (Fsp3) is 0.500. The van der Waals surface area contributed by atoms with E-state index in [1.165, 1.54) is 19.3 Å². The fourth-order valence-corrected chi connectivity index (χ4v) is 3.86. The van der Waals surface area contributed by atoms with E-state index in [0.29, 0.717) is 17.3 Å². The summed E-state index contributed by atoms with van der Waals surface area (Å²) in [6, 6.07) is 2.28. The maximum absolute atomic E-state index is 13.5. The Hall–Kier alpha value is -2.05. The number of hydrogen-bond donors (Lipinski definition) is 1. The number of aromatic nitrogens is 4. The van der Waals surface area contributed by atoms with E-state index in [2.05, 4.69) is 15.5 Å². The first kappa shape index (κ1) is 12.7. The summed E-state index contributed by atoms with van der Waals surface area (Å²) >= 11 is 0. The summed E-state index contributed by atoms with van der Waals surface area (Å²) in [5, 5.41) is 11.8. The molecule has 3 atom stereocenters. The zero-order valence-electron chi connectivity index (χ0n) is 11.3. The summed E-state index contributed by atoms with van der Waals surface area (Å²) in [5.41, 5.74) is 6.30. The summed E-state index contributed by atoms with van der Waals surface area (Å²) in [6.45, 7) is 0. The average Bonchev–Trinajstić information content (AvgIpc) is 3.17. The number of halogens is 2. The quantitative estimate of drug-likeness (QED) is 0.863. The zero-order valence-corrected chi connectivity index (χ0v) is 11.3. The van der Waals surface area contributed by atoms with Gasteiger partial charge < -0.3 is 5.73 Å². The van der Waals surface area contributed by atoms with Crippen molar-refractivity contribution in [3.63, 3.8) is 0 Å². The largest absolute Gasteiger partial charge is 0.398 e. The molecule has 0 amide bonds. The number of rotatable bonds is 2. The number of anilines is 1. The molecule has 2 fully saturated rings. The Morgan fingerprint density at radius 3 is 2.67 bits per heavy atom. The highest BCUT2D eigenvalue weighted by atomic mass is 19.2. The highest BCUT2D eigenvalue weighted by molar-refractivity contribution is 5.71.